The van der Waals surface area contributed by atoms with Gasteiger partial charge < -0.3 is 14.2 Å². The maximum atomic E-state index is 12.7. The van der Waals surface area contributed by atoms with Crippen LogP contribution in [0.4, 0.5) is 9.59 Å². The third kappa shape index (κ3) is 5.48. The first-order valence-corrected chi connectivity index (χ1v) is 9.25. The molecule has 1 amide bonds. The topological polar surface area (TPSA) is 70.0 Å². The molecule has 7 heteroatoms. The van der Waals surface area contributed by atoms with Crippen molar-refractivity contribution >= 4 is 12.2 Å². The molecule has 0 N–H and O–H groups in total. The van der Waals surface area contributed by atoms with Gasteiger partial charge >= 0.3 is 12.2 Å². The van der Waals surface area contributed by atoms with Crippen molar-refractivity contribution in [3.8, 4) is 0 Å². The first kappa shape index (κ1) is 21.3. The Morgan fingerprint density at radius 2 is 1.67 bits per heavy atom. The first-order valence-electron chi connectivity index (χ1n) is 9.25. The highest BCUT2D eigenvalue weighted by Gasteiger charge is 2.46. The third-order valence-corrected chi connectivity index (χ3v) is 4.03. The van der Waals surface area contributed by atoms with E-state index in [1.165, 1.54) is 4.57 Å². The summed E-state index contributed by atoms with van der Waals surface area (Å²) in [6, 6.07) is 3.39. The molecule has 1 aliphatic rings. The summed E-state index contributed by atoms with van der Waals surface area (Å²) in [5.74, 6) is 0. The fourth-order valence-electron chi connectivity index (χ4n) is 3.03. The highest BCUT2D eigenvalue weighted by atomic mass is 16.6. The lowest BCUT2D eigenvalue weighted by Gasteiger charge is -2.35. The van der Waals surface area contributed by atoms with Gasteiger partial charge in [-0.05, 0) is 67.5 Å². The number of carbonyl (C=O) groups excluding carboxylic acids is 2. The molecular formula is C20H32N2O5. The van der Waals surface area contributed by atoms with E-state index in [-0.39, 0.29) is 6.04 Å². The molecule has 0 bridgehead atoms. The predicted molar refractivity (Wildman–Crippen MR) is 102 cm³/mol. The summed E-state index contributed by atoms with van der Waals surface area (Å²) >= 11 is 0. The van der Waals surface area contributed by atoms with Gasteiger partial charge in [0.1, 0.15) is 16.9 Å². The van der Waals surface area contributed by atoms with E-state index in [0.717, 1.165) is 5.69 Å². The summed E-state index contributed by atoms with van der Waals surface area (Å²) < 4.78 is 18.3. The average molecular weight is 380 g/mol. The Labute approximate surface area is 161 Å². The van der Waals surface area contributed by atoms with Gasteiger partial charge in [-0.1, -0.05) is 0 Å². The monoisotopic (exact) mass is 380 g/mol. The van der Waals surface area contributed by atoms with Gasteiger partial charge in [-0.2, -0.15) is 0 Å². The van der Waals surface area contributed by atoms with E-state index >= 15 is 0 Å². The van der Waals surface area contributed by atoms with E-state index in [2.05, 4.69) is 0 Å². The maximum Gasteiger partial charge on any atom is 0.418 e. The van der Waals surface area contributed by atoms with Gasteiger partial charge in [0.2, 0.25) is 0 Å². The van der Waals surface area contributed by atoms with E-state index in [9.17, 15) is 9.59 Å². The normalized spacial score (nSPS) is 19.9. The number of carbonyl (C=O) groups is 2. The van der Waals surface area contributed by atoms with E-state index in [4.69, 9.17) is 14.2 Å². The van der Waals surface area contributed by atoms with Crippen molar-refractivity contribution in [3.05, 3.63) is 24.0 Å². The Kier molecular flexibility index (Phi) is 5.66. The second kappa shape index (κ2) is 7.19. The molecular weight excluding hydrogens is 348 g/mol. The van der Waals surface area contributed by atoms with Crippen LogP contribution in [0.1, 0.15) is 61.1 Å². The van der Waals surface area contributed by atoms with Crippen LogP contribution in [0.3, 0.4) is 0 Å². The minimum absolute atomic E-state index is 0.245. The lowest BCUT2D eigenvalue weighted by Crippen LogP contribution is -2.50. The van der Waals surface area contributed by atoms with Crippen molar-refractivity contribution in [2.45, 2.75) is 84.8 Å². The molecule has 0 radical (unpaired) electrons. The Balaban J connectivity index is 2.20. The van der Waals surface area contributed by atoms with E-state index in [0.29, 0.717) is 13.0 Å². The summed E-state index contributed by atoms with van der Waals surface area (Å²) in [5.41, 5.74) is -1.21. The fourth-order valence-corrected chi connectivity index (χ4v) is 3.03. The quantitative estimate of drug-likeness (QED) is 0.769. The van der Waals surface area contributed by atoms with Crippen molar-refractivity contribution in [3.63, 3.8) is 0 Å². The Morgan fingerprint density at radius 3 is 2.22 bits per heavy atom. The first-order chi connectivity index (χ1) is 12.2. The lowest BCUT2D eigenvalue weighted by atomic mass is 10.1. The standard InChI is InChI=1S/C20H32N2O5/c1-18(2,3)26-16(23)21-11-9-10-14(21)12-15-13-25-20(7,8)22(15)17(24)27-19(4,5)6/h9-11,15H,12-13H2,1-8H3/t15-/m0/s1. The molecule has 1 fully saturated rings. The smallest absolute Gasteiger partial charge is 0.418 e. The molecule has 0 saturated carbocycles. The Bertz CT molecular complexity index is 694. The summed E-state index contributed by atoms with van der Waals surface area (Å²) in [4.78, 5) is 26.8. The molecule has 7 nitrogen and oxygen atoms in total. The summed E-state index contributed by atoms with van der Waals surface area (Å²) in [5, 5.41) is 0. The maximum absolute atomic E-state index is 12.7. The lowest BCUT2D eigenvalue weighted by molar-refractivity contribution is -0.0624. The van der Waals surface area contributed by atoms with Gasteiger partial charge in [-0.3, -0.25) is 9.47 Å². The zero-order valence-electron chi connectivity index (χ0n) is 17.7. The molecule has 1 atom stereocenters. The van der Waals surface area contributed by atoms with Crippen molar-refractivity contribution in [2.24, 2.45) is 0 Å². The van der Waals surface area contributed by atoms with Crippen LogP contribution in [0.2, 0.25) is 0 Å². The molecule has 152 valence electrons. The number of aromatic nitrogens is 1. The van der Waals surface area contributed by atoms with Gasteiger partial charge in [0, 0.05) is 18.3 Å². The van der Waals surface area contributed by atoms with Crippen molar-refractivity contribution < 1.29 is 23.8 Å². The van der Waals surface area contributed by atoms with Crippen LogP contribution in [0.5, 0.6) is 0 Å². The van der Waals surface area contributed by atoms with E-state index < -0.39 is 29.1 Å². The Morgan fingerprint density at radius 1 is 1.11 bits per heavy atom. The van der Waals surface area contributed by atoms with Gasteiger partial charge in [0.05, 0.1) is 12.6 Å². The highest BCUT2D eigenvalue weighted by Crippen LogP contribution is 2.31. The molecule has 0 aliphatic carbocycles. The highest BCUT2D eigenvalue weighted by molar-refractivity contribution is 5.72. The van der Waals surface area contributed by atoms with Crippen LogP contribution < -0.4 is 0 Å². The van der Waals surface area contributed by atoms with Gasteiger partial charge in [-0.25, -0.2) is 9.59 Å². The van der Waals surface area contributed by atoms with Crippen LogP contribution in [-0.4, -0.2) is 51.2 Å². The van der Waals surface area contributed by atoms with Gasteiger partial charge in [-0.15, -0.1) is 0 Å². The molecule has 1 aliphatic heterocycles. The minimum Gasteiger partial charge on any atom is -0.444 e. The number of rotatable bonds is 2. The molecule has 2 rings (SSSR count). The number of nitrogens with zero attached hydrogens (tertiary/aromatic N) is 2. The largest absolute Gasteiger partial charge is 0.444 e. The fraction of sp³-hybridized carbons (Fsp3) is 0.700. The summed E-state index contributed by atoms with van der Waals surface area (Å²) in [7, 11) is 0. The van der Waals surface area contributed by atoms with Crippen molar-refractivity contribution in [2.75, 3.05) is 6.61 Å². The molecule has 1 aromatic rings. The molecule has 0 aromatic carbocycles. The molecule has 2 heterocycles. The van der Waals surface area contributed by atoms with Crippen LogP contribution >= 0.6 is 0 Å². The van der Waals surface area contributed by atoms with E-state index in [1.54, 1.807) is 17.2 Å². The van der Waals surface area contributed by atoms with Crippen LogP contribution in [0, 0.1) is 0 Å². The van der Waals surface area contributed by atoms with Crippen LogP contribution in [-0.2, 0) is 20.6 Å². The zero-order valence-corrected chi connectivity index (χ0v) is 17.7. The van der Waals surface area contributed by atoms with E-state index in [1.807, 2.05) is 61.5 Å². The molecule has 0 unspecified atom stereocenters. The minimum atomic E-state index is -0.781. The Hall–Kier alpha value is -2.02. The van der Waals surface area contributed by atoms with Crippen molar-refractivity contribution in [1.82, 2.24) is 9.47 Å². The molecule has 0 spiro atoms. The average Bonchev–Trinajstić information content (AvgIpc) is 2.99. The number of amides is 1. The van der Waals surface area contributed by atoms with Crippen LogP contribution in [0.15, 0.2) is 18.3 Å². The van der Waals surface area contributed by atoms with Gasteiger partial charge in [0.25, 0.3) is 0 Å². The zero-order chi connectivity index (χ0) is 20.6. The summed E-state index contributed by atoms with van der Waals surface area (Å²) in [6.45, 7) is 15.0. The van der Waals surface area contributed by atoms with Crippen molar-refractivity contribution in [1.29, 1.82) is 0 Å². The summed E-state index contributed by atoms with van der Waals surface area (Å²) in [6.07, 6.45) is 1.26. The number of hydrogen-bond acceptors (Lipinski definition) is 5. The number of ether oxygens (including phenoxy) is 3. The second-order valence-corrected chi connectivity index (χ2v) is 9.32. The molecule has 1 saturated heterocycles. The van der Waals surface area contributed by atoms with Gasteiger partial charge in [0.15, 0.2) is 0 Å². The molecule has 1 aromatic heterocycles. The van der Waals surface area contributed by atoms with Crippen LogP contribution in [0.25, 0.3) is 0 Å². The second-order valence-electron chi connectivity index (χ2n) is 9.32. The molecule has 27 heavy (non-hydrogen) atoms. The third-order valence-electron chi connectivity index (χ3n) is 4.03. The number of hydrogen-bond donors (Lipinski definition) is 0. The SMILES string of the molecule is CC(C)(C)OC(=O)N1[C@@H](Cc2cccn2C(=O)OC(C)(C)C)COC1(C)C. The predicted octanol–water partition coefficient (Wildman–Crippen LogP) is 4.19.